The van der Waals surface area contributed by atoms with Crippen molar-refractivity contribution in [1.29, 1.82) is 5.26 Å². The molecule has 1 aliphatic heterocycles. The average Bonchev–Trinajstić information content (AvgIpc) is 2.71. The highest BCUT2D eigenvalue weighted by Crippen LogP contribution is 2.29. The molecule has 2 N–H and O–H groups in total. The molecule has 0 radical (unpaired) electrons. The minimum absolute atomic E-state index is 0.0457. The van der Waals surface area contributed by atoms with E-state index in [1.807, 2.05) is 0 Å². The Morgan fingerprint density at radius 1 is 1.41 bits per heavy atom. The van der Waals surface area contributed by atoms with Crippen molar-refractivity contribution in [2.75, 3.05) is 13.1 Å². The predicted molar refractivity (Wildman–Crippen MR) is 121 cm³/mol. The molecule has 1 heterocycles. The maximum Gasteiger partial charge on any atom is 0.408 e. The number of nitrogens with one attached hydrogen (secondary N) is 2. The van der Waals surface area contributed by atoms with Gasteiger partial charge in [0.05, 0.1) is 17.2 Å². The summed E-state index contributed by atoms with van der Waals surface area (Å²) >= 11 is 0. The fourth-order valence-electron chi connectivity index (χ4n) is 3.30. The molecule has 1 aromatic rings. The van der Waals surface area contributed by atoms with Gasteiger partial charge in [-0.15, -0.1) is 0 Å². The zero-order valence-electron chi connectivity index (χ0n) is 18.6. The van der Waals surface area contributed by atoms with Crippen LogP contribution in [0.5, 0.6) is 0 Å². The maximum absolute atomic E-state index is 14.4. The lowest BCUT2D eigenvalue weighted by Crippen LogP contribution is -2.38. The van der Waals surface area contributed by atoms with Crippen molar-refractivity contribution in [3.8, 4) is 6.07 Å². The van der Waals surface area contributed by atoms with Crippen molar-refractivity contribution in [3.05, 3.63) is 59.1 Å². The summed E-state index contributed by atoms with van der Waals surface area (Å²) in [4.78, 5) is 27.9. The lowest BCUT2D eigenvalue weighted by Gasteiger charge is -2.30. The average molecular weight is 441 g/mol. The van der Waals surface area contributed by atoms with E-state index in [1.165, 1.54) is 18.3 Å². The van der Waals surface area contributed by atoms with Crippen LogP contribution in [0.1, 0.15) is 55.6 Å². The molecule has 0 saturated carbocycles. The Kier molecular flexibility index (Phi) is 9.14. The SMILES string of the molecule is CC(C)(C)OC(=O)NC(c1ccc(C=O)c(F)c1)C1CCN=C/C(C#N)=C\C=C\NCC1. The van der Waals surface area contributed by atoms with Gasteiger partial charge in [0, 0.05) is 19.3 Å². The number of allylic oxidation sites excluding steroid dienone is 3. The van der Waals surface area contributed by atoms with Gasteiger partial charge in [0.15, 0.2) is 6.29 Å². The second-order valence-electron chi connectivity index (χ2n) is 8.44. The molecule has 2 rings (SSSR count). The topological polar surface area (TPSA) is 104 Å². The van der Waals surface area contributed by atoms with Gasteiger partial charge in [0.25, 0.3) is 0 Å². The van der Waals surface area contributed by atoms with E-state index in [-0.39, 0.29) is 11.5 Å². The summed E-state index contributed by atoms with van der Waals surface area (Å²) in [6.45, 7) is 6.32. The zero-order valence-corrected chi connectivity index (χ0v) is 18.6. The van der Waals surface area contributed by atoms with Gasteiger partial charge >= 0.3 is 6.09 Å². The Morgan fingerprint density at radius 2 is 2.19 bits per heavy atom. The first-order valence-corrected chi connectivity index (χ1v) is 10.5. The Morgan fingerprint density at radius 3 is 2.84 bits per heavy atom. The Labute approximate surface area is 188 Å². The van der Waals surface area contributed by atoms with Crippen LogP contribution in [-0.4, -0.2) is 37.3 Å². The number of hydrogen-bond acceptors (Lipinski definition) is 6. The fourth-order valence-corrected chi connectivity index (χ4v) is 3.30. The van der Waals surface area contributed by atoms with Gasteiger partial charge in [-0.25, -0.2) is 9.18 Å². The van der Waals surface area contributed by atoms with Crippen LogP contribution in [0.2, 0.25) is 0 Å². The third kappa shape index (κ3) is 7.99. The van der Waals surface area contributed by atoms with Crippen molar-refractivity contribution in [1.82, 2.24) is 10.6 Å². The van der Waals surface area contributed by atoms with E-state index in [9.17, 15) is 14.0 Å². The van der Waals surface area contributed by atoms with Crippen molar-refractivity contribution in [2.24, 2.45) is 10.9 Å². The molecule has 170 valence electrons. The number of alkyl carbamates (subject to hydrolysis) is 1. The van der Waals surface area contributed by atoms with Crippen LogP contribution < -0.4 is 10.6 Å². The van der Waals surface area contributed by atoms with Crippen molar-refractivity contribution in [2.45, 2.75) is 45.3 Å². The molecule has 1 aliphatic rings. The first kappa shape index (κ1) is 24.8. The molecular formula is C24H29FN4O3. The molecule has 7 nitrogen and oxygen atoms in total. The van der Waals surface area contributed by atoms with Gasteiger partial charge in [0.2, 0.25) is 0 Å². The molecule has 0 saturated heterocycles. The van der Waals surface area contributed by atoms with Gasteiger partial charge in [-0.3, -0.25) is 9.79 Å². The molecule has 0 spiro atoms. The number of rotatable bonds is 4. The van der Waals surface area contributed by atoms with Crippen molar-refractivity contribution >= 4 is 18.6 Å². The number of amides is 1. The molecule has 0 aromatic heterocycles. The van der Waals surface area contributed by atoms with Gasteiger partial charge in [0.1, 0.15) is 17.5 Å². The molecular weight excluding hydrogens is 411 g/mol. The Balaban J connectivity index is 2.34. The molecule has 8 heteroatoms. The maximum atomic E-state index is 14.4. The second-order valence-corrected chi connectivity index (χ2v) is 8.44. The standard InChI is InChI=1S/C24H29FN4O3/c1-24(2,3)32-23(31)29-22(19-6-7-20(16-30)21(25)13-19)18-8-11-27-10-4-5-17(14-26)15-28-12-9-18/h4-7,10,13,15-16,18,22,27H,8-9,11-12H2,1-3H3,(H,29,31)/b10-4+,17-5-,28-15?. The molecule has 0 aliphatic carbocycles. The van der Waals surface area contributed by atoms with E-state index in [4.69, 9.17) is 10.00 Å². The van der Waals surface area contributed by atoms with Gasteiger partial charge in [-0.05, 0) is 75.6 Å². The fraction of sp³-hybridized carbons (Fsp3) is 0.417. The van der Waals surface area contributed by atoms with Crippen LogP contribution in [0.4, 0.5) is 9.18 Å². The summed E-state index contributed by atoms with van der Waals surface area (Å²) in [5, 5.41) is 15.2. The number of ether oxygens (including phenoxy) is 1. The molecule has 1 amide bonds. The second kappa shape index (κ2) is 11.8. The molecule has 1 aromatic carbocycles. The predicted octanol–water partition coefficient (Wildman–Crippen LogP) is 4.24. The van der Waals surface area contributed by atoms with Crippen LogP contribution in [0, 0.1) is 23.1 Å². The number of benzene rings is 1. The lowest BCUT2D eigenvalue weighted by molar-refractivity contribution is 0.0480. The summed E-state index contributed by atoms with van der Waals surface area (Å²) in [6.07, 6.45) is 7.72. The molecule has 0 bridgehead atoms. The van der Waals surface area contributed by atoms with Crippen molar-refractivity contribution < 1.29 is 18.7 Å². The molecule has 2 unspecified atom stereocenters. The normalized spacial score (nSPS) is 20.7. The first-order chi connectivity index (χ1) is 15.2. The van der Waals surface area contributed by atoms with E-state index in [1.54, 1.807) is 45.2 Å². The smallest absolute Gasteiger partial charge is 0.408 e. The number of nitrogens with zero attached hydrogens (tertiary/aromatic N) is 2. The lowest BCUT2D eigenvalue weighted by atomic mass is 9.87. The van der Waals surface area contributed by atoms with E-state index in [0.29, 0.717) is 43.4 Å². The summed E-state index contributed by atoms with van der Waals surface area (Å²) in [5.74, 6) is -0.763. The number of hydrogen-bond donors (Lipinski definition) is 2. The monoisotopic (exact) mass is 440 g/mol. The van der Waals surface area contributed by atoms with Crippen LogP contribution in [0.3, 0.4) is 0 Å². The van der Waals surface area contributed by atoms with Gasteiger partial charge < -0.3 is 15.4 Å². The van der Waals surface area contributed by atoms with Crippen LogP contribution >= 0.6 is 0 Å². The minimum Gasteiger partial charge on any atom is -0.444 e. The molecule has 2 atom stereocenters. The summed E-state index contributed by atoms with van der Waals surface area (Å²) in [7, 11) is 0. The summed E-state index contributed by atoms with van der Waals surface area (Å²) in [5.41, 5.74) is 0.226. The first-order valence-electron chi connectivity index (χ1n) is 10.5. The Bertz CT molecular complexity index is 942. The highest BCUT2D eigenvalue weighted by molar-refractivity contribution is 5.84. The van der Waals surface area contributed by atoms with Crippen LogP contribution in [-0.2, 0) is 4.74 Å². The summed E-state index contributed by atoms with van der Waals surface area (Å²) < 4.78 is 19.8. The number of carbonyl (C=O) groups excluding carboxylic acids is 2. The van der Waals surface area contributed by atoms with E-state index >= 15 is 0 Å². The third-order valence-electron chi connectivity index (χ3n) is 4.79. The minimum atomic E-state index is -0.690. The quantitative estimate of drug-likeness (QED) is 0.682. The highest BCUT2D eigenvalue weighted by atomic mass is 19.1. The largest absolute Gasteiger partial charge is 0.444 e. The Hall–Kier alpha value is -3.47. The van der Waals surface area contributed by atoms with Crippen LogP contribution in [0.25, 0.3) is 0 Å². The van der Waals surface area contributed by atoms with Crippen molar-refractivity contribution in [3.63, 3.8) is 0 Å². The number of aldehydes is 1. The molecule has 32 heavy (non-hydrogen) atoms. The van der Waals surface area contributed by atoms with Gasteiger partial charge in [-0.2, -0.15) is 5.26 Å². The number of halogens is 1. The van der Waals surface area contributed by atoms with E-state index in [0.717, 1.165) is 0 Å². The van der Waals surface area contributed by atoms with E-state index in [2.05, 4.69) is 21.7 Å². The number of nitriles is 1. The van der Waals surface area contributed by atoms with E-state index < -0.39 is 23.6 Å². The third-order valence-corrected chi connectivity index (χ3v) is 4.79. The molecule has 0 fully saturated rings. The number of carbonyl (C=O) groups is 2. The zero-order chi connectivity index (χ0) is 23.6. The van der Waals surface area contributed by atoms with Crippen LogP contribution in [0.15, 0.2) is 47.1 Å². The summed E-state index contributed by atoms with van der Waals surface area (Å²) in [6, 6.07) is 5.82. The highest BCUT2D eigenvalue weighted by Gasteiger charge is 2.27. The van der Waals surface area contributed by atoms with Gasteiger partial charge in [-0.1, -0.05) is 6.07 Å². The number of aliphatic imine (C=N–C) groups is 1.